The third kappa shape index (κ3) is 2.71. The second-order valence-electron chi connectivity index (χ2n) is 4.84. The van der Waals surface area contributed by atoms with Crippen LogP contribution in [0, 0.1) is 0 Å². The van der Waals surface area contributed by atoms with E-state index in [0.29, 0.717) is 5.88 Å². The van der Waals surface area contributed by atoms with Crippen molar-refractivity contribution in [1.82, 2.24) is 15.3 Å². The van der Waals surface area contributed by atoms with Crippen molar-refractivity contribution in [2.75, 3.05) is 7.05 Å². The fraction of sp³-hybridized carbons (Fsp3) is 0.176. The quantitative estimate of drug-likeness (QED) is 0.791. The third-order valence-corrected chi connectivity index (χ3v) is 3.50. The average Bonchev–Trinajstić information content (AvgIpc) is 2.55. The van der Waals surface area contributed by atoms with Crippen LogP contribution in [0.4, 0.5) is 0 Å². The van der Waals surface area contributed by atoms with Crippen LogP contribution >= 0.6 is 0 Å². The minimum Gasteiger partial charge on any atom is -0.436 e. The maximum atomic E-state index is 6.03. The van der Waals surface area contributed by atoms with Crippen LogP contribution in [-0.2, 0) is 0 Å². The second-order valence-corrected chi connectivity index (χ2v) is 4.84. The zero-order chi connectivity index (χ0) is 14.7. The van der Waals surface area contributed by atoms with E-state index in [1.807, 2.05) is 49.5 Å². The number of nitrogens with zero attached hydrogens (tertiary/aromatic N) is 2. The van der Waals surface area contributed by atoms with Gasteiger partial charge in [0.1, 0.15) is 5.52 Å². The highest BCUT2D eigenvalue weighted by molar-refractivity contribution is 5.84. The van der Waals surface area contributed by atoms with Crippen molar-refractivity contribution in [3.8, 4) is 11.6 Å². The highest BCUT2D eigenvalue weighted by Crippen LogP contribution is 2.31. The van der Waals surface area contributed by atoms with E-state index in [0.717, 1.165) is 22.2 Å². The van der Waals surface area contributed by atoms with Crippen molar-refractivity contribution in [1.29, 1.82) is 0 Å². The predicted octanol–water partition coefficient (Wildman–Crippen LogP) is 3.70. The van der Waals surface area contributed by atoms with Gasteiger partial charge in [-0.05, 0) is 32.2 Å². The molecular weight excluding hydrogens is 262 g/mol. The zero-order valence-corrected chi connectivity index (χ0v) is 12.1. The van der Waals surface area contributed by atoms with Gasteiger partial charge in [-0.25, -0.2) is 4.98 Å². The SMILES string of the molecule is CNC(C)c1cccnc1Oc1cccc2cccnc12. The van der Waals surface area contributed by atoms with E-state index in [9.17, 15) is 0 Å². The second kappa shape index (κ2) is 5.89. The number of hydrogen-bond acceptors (Lipinski definition) is 4. The number of rotatable bonds is 4. The molecule has 1 atom stereocenters. The van der Waals surface area contributed by atoms with Gasteiger partial charge in [0.15, 0.2) is 5.75 Å². The molecule has 0 aliphatic rings. The average molecular weight is 279 g/mol. The lowest BCUT2D eigenvalue weighted by molar-refractivity contribution is 0.450. The molecule has 106 valence electrons. The van der Waals surface area contributed by atoms with Crippen LogP contribution in [0.25, 0.3) is 10.9 Å². The highest BCUT2D eigenvalue weighted by Gasteiger charge is 2.13. The molecule has 0 spiro atoms. The molecule has 4 heteroatoms. The smallest absolute Gasteiger partial charge is 0.224 e. The van der Waals surface area contributed by atoms with E-state index < -0.39 is 0 Å². The number of nitrogens with one attached hydrogen (secondary N) is 1. The number of ether oxygens (including phenoxy) is 1. The Labute approximate surface area is 123 Å². The first-order valence-electron chi connectivity index (χ1n) is 6.93. The molecule has 2 heterocycles. The number of fused-ring (bicyclic) bond motifs is 1. The molecule has 3 rings (SSSR count). The van der Waals surface area contributed by atoms with Gasteiger partial charge in [0.25, 0.3) is 0 Å². The topological polar surface area (TPSA) is 47.0 Å². The van der Waals surface area contributed by atoms with Crippen molar-refractivity contribution < 1.29 is 4.74 Å². The molecule has 0 aliphatic heterocycles. The summed E-state index contributed by atoms with van der Waals surface area (Å²) in [6, 6.07) is 13.9. The molecular formula is C17H17N3O. The summed E-state index contributed by atoms with van der Waals surface area (Å²) >= 11 is 0. The fourth-order valence-corrected chi connectivity index (χ4v) is 2.24. The molecule has 0 fully saturated rings. The monoisotopic (exact) mass is 279 g/mol. The van der Waals surface area contributed by atoms with Gasteiger partial charge in [-0.3, -0.25) is 4.98 Å². The number of benzene rings is 1. The van der Waals surface area contributed by atoms with Gasteiger partial charge in [0.2, 0.25) is 5.88 Å². The molecule has 1 aromatic carbocycles. The first-order valence-corrected chi connectivity index (χ1v) is 6.93. The van der Waals surface area contributed by atoms with Crippen LogP contribution < -0.4 is 10.1 Å². The Hall–Kier alpha value is -2.46. The number of aromatic nitrogens is 2. The summed E-state index contributed by atoms with van der Waals surface area (Å²) in [5.41, 5.74) is 1.86. The van der Waals surface area contributed by atoms with Crippen LogP contribution in [0.5, 0.6) is 11.6 Å². The molecule has 0 saturated heterocycles. The Kier molecular flexibility index (Phi) is 3.79. The lowest BCUT2D eigenvalue weighted by Crippen LogP contribution is -2.13. The maximum absolute atomic E-state index is 6.03. The van der Waals surface area contributed by atoms with Gasteiger partial charge in [0, 0.05) is 29.4 Å². The Morgan fingerprint density at radius 1 is 1.00 bits per heavy atom. The first-order chi connectivity index (χ1) is 10.3. The zero-order valence-electron chi connectivity index (χ0n) is 12.1. The van der Waals surface area contributed by atoms with E-state index in [4.69, 9.17) is 4.74 Å². The lowest BCUT2D eigenvalue weighted by atomic mass is 10.1. The Bertz CT molecular complexity index is 752. The van der Waals surface area contributed by atoms with Crippen LogP contribution in [0.2, 0.25) is 0 Å². The van der Waals surface area contributed by atoms with Gasteiger partial charge in [-0.15, -0.1) is 0 Å². The summed E-state index contributed by atoms with van der Waals surface area (Å²) in [6.45, 7) is 2.07. The molecule has 4 nitrogen and oxygen atoms in total. The van der Waals surface area contributed by atoms with Crippen molar-refractivity contribution in [3.63, 3.8) is 0 Å². The number of para-hydroxylation sites is 1. The Morgan fingerprint density at radius 2 is 1.76 bits per heavy atom. The third-order valence-electron chi connectivity index (χ3n) is 3.50. The van der Waals surface area contributed by atoms with Crippen LogP contribution in [0.15, 0.2) is 54.9 Å². The van der Waals surface area contributed by atoms with Gasteiger partial charge >= 0.3 is 0 Å². The Balaban J connectivity index is 2.03. The van der Waals surface area contributed by atoms with E-state index in [2.05, 4.69) is 22.2 Å². The Morgan fingerprint density at radius 3 is 2.62 bits per heavy atom. The molecule has 0 amide bonds. The molecule has 0 aliphatic carbocycles. The molecule has 1 N–H and O–H groups in total. The predicted molar refractivity (Wildman–Crippen MR) is 83.5 cm³/mol. The van der Waals surface area contributed by atoms with E-state index in [-0.39, 0.29) is 6.04 Å². The first kappa shape index (κ1) is 13.5. The van der Waals surface area contributed by atoms with Crippen LogP contribution in [-0.4, -0.2) is 17.0 Å². The van der Waals surface area contributed by atoms with E-state index in [1.54, 1.807) is 12.4 Å². The summed E-state index contributed by atoms with van der Waals surface area (Å²) in [5.74, 6) is 1.33. The van der Waals surface area contributed by atoms with Gasteiger partial charge in [0.05, 0.1) is 0 Å². The lowest BCUT2D eigenvalue weighted by Gasteiger charge is -2.15. The molecule has 0 saturated carbocycles. The highest BCUT2D eigenvalue weighted by atomic mass is 16.5. The number of pyridine rings is 2. The summed E-state index contributed by atoms with van der Waals surface area (Å²) in [7, 11) is 1.92. The minimum atomic E-state index is 0.164. The summed E-state index contributed by atoms with van der Waals surface area (Å²) in [4.78, 5) is 8.76. The maximum Gasteiger partial charge on any atom is 0.224 e. The van der Waals surface area contributed by atoms with Crippen LogP contribution in [0.3, 0.4) is 0 Å². The van der Waals surface area contributed by atoms with Gasteiger partial charge in [-0.2, -0.15) is 0 Å². The molecule has 0 radical (unpaired) electrons. The minimum absolute atomic E-state index is 0.164. The van der Waals surface area contributed by atoms with E-state index >= 15 is 0 Å². The normalized spacial score (nSPS) is 12.3. The van der Waals surface area contributed by atoms with Crippen molar-refractivity contribution >= 4 is 10.9 Å². The molecule has 1 unspecified atom stereocenters. The number of hydrogen-bond donors (Lipinski definition) is 1. The molecule has 21 heavy (non-hydrogen) atoms. The summed E-state index contributed by atoms with van der Waals surface area (Å²) in [5, 5.41) is 4.26. The fourth-order valence-electron chi connectivity index (χ4n) is 2.24. The molecule has 0 bridgehead atoms. The standard InChI is InChI=1S/C17H17N3O/c1-12(18-2)14-8-5-11-20-17(14)21-15-9-3-6-13-7-4-10-19-16(13)15/h3-12,18H,1-2H3. The summed E-state index contributed by atoms with van der Waals surface area (Å²) < 4.78 is 6.03. The van der Waals surface area contributed by atoms with Gasteiger partial charge in [-0.1, -0.05) is 24.3 Å². The van der Waals surface area contributed by atoms with Crippen molar-refractivity contribution in [2.45, 2.75) is 13.0 Å². The molecule has 2 aromatic heterocycles. The largest absolute Gasteiger partial charge is 0.436 e. The summed E-state index contributed by atoms with van der Waals surface area (Å²) in [6.07, 6.45) is 3.50. The molecule has 3 aromatic rings. The van der Waals surface area contributed by atoms with Crippen LogP contribution in [0.1, 0.15) is 18.5 Å². The van der Waals surface area contributed by atoms with Crippen molar-refractivity contribution in [2.24, 2.45) is 0 Å². The van der Waals surface area contributed by atoms with E-state index in [1.165, 1.54) is 0 Å². The van der Waals surface area contributed by atoms with Crippen molar-refractivity contribution in [3.05, 3.63) is 60.4 Å². The van der Waals surface area contributed by atoms with Gasteiger partial charge < -0.3 is 10.1 Å².